The Hall–Kier alpha value is -2.25. The second-order valence-corrected chi connectivity index (χ2v) is 9.98. The van der Waals surface area contributed by atoms with Gasteiger partial charge in [0.25, 0.3) is 0 Å². The number of fused-ring (bicyclic) bond motifs is 1. The number of likely N-dealkylation sites (tertiary alicyclic amines) is 1. The van der Waals surface area contributed by atoms with Gasteiger partial charge in [0.2, 0.25) is 0 Å². The quantitative estimate of drug-likeness (QED) is 0.525. The van der Waals surface area contributed by atoms with Gasteiger partial charge in [0.1, 0.15) is 23.8 Å². The van der Waals surface area contributed by atoms with Crippen LogP contribution in [0.25, 0.3) is 0 Å². The van der Waals surface area contributed by atoms with Crippen LogP contribution in [0.15, 0.2) is 24.8 Å². The van der Waals surface area contributed by atoms with Gasteiger partial charge in [-0.2, -0.15) is 0 Å². The number of halogens is 2. The Morgan fingerprint density at radius 2 is 2.09 bits per heavy atom. The van der Waals surface area contributed by atoms with E-state index in [2.05, 4.69) is 21.3 Å². The SMILES string of the molecule is C=CCOc1ccc(Cl)c(Cl)c1[C@@H]1Cc2nnc(C3CCCN3C(=O)OC(C)(C)C)n2C1. The third-order valence-electron chi connectivity index (χ3n) is 5.72. The van der Waals surface area contributed by atoms with Crippen molar-refractivity contribution < 1.29 is 14.3 Å². The first-order valence-corrected chi connectivity index (χ1v) is 11.6. The second kappa shape index (κ2) is 8.94. The van der Waals surface area contributed by atoms with Crippen molar-refractivity contribution >= 4 is 29.3 Å². The lowest BCUT2D eigenvalue weighted by Gasteiger charge is -2.28. The number of aromatic nitrogens is 3. The Kier molecular flexibility index (Phi) is 6.41. The topological polar surface area (TPSA) is 69.5 Å². The van der Waals surface area contributed by atoms with Gasteiger partial charge in [-0.25, -0.2) is 4.79 Å². The van der Waals surface area contributed by atoms with E-state index in [1.807, 2.05) is 26.8 Å². The molecule has 0 spiro atoms. The molecule has 32 heavy (non-hydrogen) atoms. The minimum atomic E-state index is -0.548. The molecule has 1 fully saturated rings. The Morgan fingerprint density at radius 3 is 2.81 bits per heavy atom. The van der Waals surface area contributed by atoms with E-state index in [1.165, 1.54) is 0 Å². The molecule has 7 nitrogen and oxygen atoms in total. The predicted octanol–water partition coefficient (Wildman–Crippen LogP) is 5.56. The lowest BCUT2D eigenvalue weighted by molar-refractivity contribution is 0.0215. The maximum Gasteiger partial charge on any atom is 0.410 e. The van der Waals surface area contributed by atoms with Gasteiger partial charge in [0.05, 0.1) is 16.1 Å². The Balaban J connectivity index is 1.60. The number of hydrogen-bond acceptors (Lipinski definition) is 5. The molecule has 1 amide bonds. The van der Waals surface area contributed by atoms with Gasteiger partial charge in [-0.05, 0) is 45.7 Å². The molecule has 0 radical (unpaired) electrons. The Morgan fingerprint density at radius 1 is 1.31 bits per heavy atom. The molecular formula is C23H28Cl2N4O3. The molecule has 1 aromatic carbocycles. The van der Waals surface area contributed by atoms with Gasteiger partial charge in [0, 0.05) is 31.0 Å². The summed E-state index contributed by atoms with van der Waals surface area (Å²) in [6.45, 7) is 11.0. The van der Waals surface area contributed by atoms with Crippen LogP contribution in [0.3, 0.4) is 0 Å². The normalized spacial score (nSPS) is 20.3. The zero-order valence-electron chi connectivity index (χ0n) is 18.6. The van der Waals surface area contributed by atoms with Crippen molar-refractivity contribution in [3.8, 4) is 5.75 Å². The van der Waals surface area contributed by atoms with Crippen molar-refractivity contribution in [2.24, 2.45) is 0 Å². The number of nitrogens with zero attached hydrogens (tertiary/aromatic N) is 4. The molecule has 2 aliphatic rings. The molecule has 4 rings (SSSR count). The number of rotatable bonds is 5. The molecule has 1 saturated heterocycles. The number of benzene rings is 1. The zero-order chi connectivity index (χ0) is 23.0. The highest BCUT2D eigenvalue weighted by Crippen LogP contribution is 2.43. The average Bonchev–Trinajstić information content (AvgIpc) is 3.42. The minimum Gasteiger partial charge on any atom is -0.489 e. The average molecular weight is 479 g/mol. The van der Waals surface area contributed by atoms with Crippen LogP contribution in [0.5, 0.6) is 5.75 Å². The van der Waals surface area contributed by atoms with Crippen LogP contribution in [0, 0.1) is 0 Å². The van der Waals surface area contributed by atoms with Crippen molar-refractivity contribution in [3.05, 3.63) is 52.0 Å². The molecule has 1 unspecified atom stereocenters. The molecule has 0 aliphatic carbocycles. The van der Waals surface area contributed by atoms with Crippen LogP contribution in [-0.2, 0) is 17.7 Å². The standard InChI is InChI=1S/C23H28Cl2N4O3/c1-5-11-31-17-9-8-15(24)20(25)19(17)14-12-18-26-27-21(29(18)13-14)16-7-6-10-28(16)22(30)32-23(2,3)4/h5,8-9,14,16H,1,6-7,10-13H2,2-4H3/t14-,16?/m1/s1. The zero-order valence-corrected chi connectivity index (χ0v) is 20.1. The largest absolute Gasteiger partial charge is 0.489 e. The van der Waals surface area contributed by atoms with Crippen LogP contribution in [0.2, 0.25) is 10.0 Å². The van der Waals surface area contributed by atoms with E-state index in [-0.39, 0.29) is 18.1 Å². The monoisotopic (exact) mass is 478 g/mol. The first-order valence-electron chi connectivity index (χ1n) is 10.8. The van der Waals surface area contributed by atoms with Gasteiger partial charge in [-0.3, -0.25) is 4.90 Å². The number of amides is 1. The fraction of sp³-hybridized carbons (Fsp3) is 0.522. The van der Waals surface area contributed by atoms with Gasteiger partial charge in [-0.15, -0.1) is 10.2 Å². The summed E-state index contributed by atoms with van der Waals surface area (Å²) < 4.78 is 13.6. The molecule has 2 aromatic rings. The number of carbonyl (C=O) groups is 1. The van der Waals surface area contributed by atoms with Gasteiger partial charge in [-0.1, -0.05) is 35.9 Å². The van der Waals surface area contributed by atoms with E-state index in [9.17, 15) is 4.79 Å². The molecule has 172 valence electrons. The molecule has 3 heterocycles. The third-order valence-corrected chi connectivity index (χ3v) is 6.54. The molecule has 0 saturated carbocycles. The summed E-state index contributed by atoms with van der Waals surface area (Å²) >= 11 is 12.9. The summed E-state index contributed by atoms with van der Waals surface area (Å²) in [6, 6.07) is 3.43. The van der Waals surface area contributed by atoms with Crippen molar-refractivity contribution in [1.29, 1.82) is 0 Å². The van der Waals surface area contributed by atoms with Crippen LogP contribution in [0.4, 0.5) is 4.79 Å². The Bertz CT molecular complexity index is 1030. The first-order chi connectivity index (χ1) is 15.2. The minimum absolute atomic E-state index is 0.0432. The van der Waals surface area contributed by atoms with Crippen molar-refractivity contribution in [2.45, 2.75) is 64.1 Å². The van der Waals surface area contributed by atoms with Gasteiger partial charge >= 0.3 is 6.09 Å². The van der Waals surface area contributed by atoms with E-state index >= 15 is 0 Å². The summed E-state index contributed by atoms with van der Waals surface area (Å²) in [7, 11) is 0. The van der Waals surface area contributed by atoms with Crippen LogP contribution in [-0.4, -0.2) is 44.5 Å². The number of hydrogen-bond donors (Lipinski definition) is 0. The summed E-state index contributed by atoms with van der Waals surface area (Å²) in [6.07, 6.45) is 3.77. The van der Waals surface area contributed by atoms with Crippen molar-refractivity contribution in [1.82, 2.24) is 19.7 Å². The second-order valence-electron chi connectivity index (χ2n) is 9.19. The smallest absolute Gasteiger partial charge is 0.410 e. The highest BCUT2D eigenvalue weighted by molar-refractivity contribution is 6.42. The highest BCUT2D eigenvalue weighted by Gasteiger charge is 2.39. The van der Waals surface area contributed by atoms with E-state index in [4.69, 9.17) is 32.7 Å². The summed E-state index contributed by atoms with van der Waals surface area (Å²) in [5.41, 5.74) is 0.320. The fourth-order valence-corrected chi connectivity index (χ4v) is 4.90. The predicted molar refractivity (Wildman–Crippen MR) is 124 cm³/mol. The maximum absolute atomic E-state index is 12.8. The molecular weight excluding hydrogens is 451 g/mol. The van der Waals surface area contributed by atoms with Crippen LogP contribution >= 0.6 is 23.2 Å². The summed E-state index contributed by atoms with van der Waals surface area (Å²) in [5, 5.41) is 9.86. The van der Waals surface area contributed by atoms with Gasteiger partial charge in [0.15, 0.2) is 5.82 Å². The lowest BCUT2D eigenvalue weighted by Crippen LogP contribution is -2.37. The molecule has 2 aliphatic heterocycles. The van der Waals surface area contributed by atoms with Crippen LogP contribution in [0.1, 0.15) is 62.8 Å². The molecule has 2 atom stereocenters. The van der Waals surface area contributed by atoms with E-state index < -0.39 is 5.60 Å². The first kappa shape index (κ1) is 22.9. The van der Waals surface area contributed by atoms with Gasteiger partial charge < -0.3 is 14.0 Å². The van der Waals surface area contributed by atoms with Crippen LogP contribution < -0.4 is 4.74 Å². The number of ether oxygens (including phenoxy) is 2. The molecule has 0 N–H and O–H groups in total. The lowest BCUT2D eigenvalue weighted by atomic mass is 9.96. The number of carbonyl (C=O) groups excluding carboxylic acids is 1. The fourth-order valence-electron chi connectivity index (χ4n) is 4.42. The highest BCUT2D eigenvalue weighted by atomic mass is 35.5. The summed E-state index contributed by atoms with van der Waals surface area (Å²) in [5.74, 6) is 2.40. The molecule has 9 heteroatoms. The third kappa shape index (κ3) is 4.46. The molecule has 1 aromatic heterocycles. The Labute approximate surface area is 198 Å². The maximum atomic E-state index is 12.8. The van der Waals surface area contributed by atoms with E-state index in [0.29, 0.717) is 41.9 Å². The van der Waals surface area contributed by atoms with Crippen molar-refractivity contribution in [2.75, 3.05) is 13.2 Å². The molecule has 0 bridgehead atoms. The van der Waals surface area contributed by atoms with Crippen molar-refractivity contribution in [3.63, 3.8) is 0 Å². The van der Waals surface area contributed by atoms with E-state index in [0.717, 1.165) is 30.1 Å². The summed E-state index contributed by atoms with van der Waals surface area (Å²) in [4.78, 5) is 14.5. The van der Waals surface area contributed by atoms with E-state index in [1.54, 1.807) is 17.0 Å².